The van der Waals surface area contributed by atoms with Gasteiger partial charge in [0.15, 0.2) is 11.6 Å². The smallest absolute Gasteiger partial charge is 0.163 e. The van der Waals surface area contributed by atoms with Crippen molar-refractivity contribution in [2.24, 2.45) is 0 Å². The SMILES string of the molecule is Cc1cc(/C=C/C(=O)CC(=O)/C=C/c2ccc(OCCCc3cncc(OCC4CCCN4)c3)c(CO)c2)ccc1O. The summed E-state index contributed by atoms with van der Waals surface area (Å²) in [4.78, 5) is 28.8. The summed E-state index contributed by atoms with van der Waals surface area (Å²) in [5.74, 6) is 0.917. The van der Waals surface area contributed by atoms with Crippen LogP contribution in [0, 0.1) is 6.92 Å². The summed E-state index contributed by atoms with van der Waals surface area (Å²) < 4.78 is 11.8. The standard InChI is InChI=1S/C34H38N2O6/c1-24-16-25(8-12-33(24)40)6-10-30(38)19-31(39)11-7-26-9-13-34(28(17-26)22-37)41-15-3-4-27-18-32(21-35-20-27)42-23-29-5-2-14-36-29/h6-13,16-18,20-21,29,36-37,40H,2-5,14-15,19,22-23H2,1H3/b10-6+,11-7+. The van der Waals surface area contributed by atoms with Crippen molar-refractivity contribution < 1.29 is 29.3 Å². The lowest BCUT2D eigenvalue weighted by Gasteiger charge is -2.13. The molecular formula is C34H38N2O6. The number of aromatic nitrogens is 1. The number of benzene rings is 2. The topological polar surface area (TPSA) is 118 Å². The fourth-order valence-electron chi connectivity index (χ4n) is 4.65. The number of aryl methyl sites for hydroxylation is 2. The summed E-state index contributed by atoms with van der Waals surface area (Å²) in [5.41, 5.74) is 3.89. The van der Waals surface area contributed by atoms with Crippen molar-refractivity contribution in [1.82, 2.24) is 10.3 Å². The van der Waals surface area contributed by atoms with Crippen molar-refractivity contribution in [3.05, 3.63) is 94.8 Å². The molecule has 3 aromatic rings. The van der Waals surface area contributed by atoms with Crippen LogP contribution in [-0.4, -0.2) is 52.6 Å². The largest absolute Gasteiger partial charge is 0.508 e. The summed E-state index contributed by atoms with van der Waals surface area (Å²) >= 11 is 0. The van der Waals surface area contributed by atoms with E-state index < -0.39 is 0 Å². The highest BCUT2D eigenvalue weighted by molar-refractivity contribution is 6.10. The molecule has 220 valence electrons. The van der Waals surface area contributed by atoms with Crippen LogP contribution in [0.2, 0.25) is 0 Å². The van der Waals surface area contributed by atoms with E-state index >= 15 is 0 Å². The number of aliphatic hydroxyl groups excluding tert-OH is 1. The number of ketones is 2. The molecule has 4 rings (SSSR count). The average molecular weight is 571 g/mol. The van der Waals surface area contributed by atoms with Gasteiger partial charge in [-0.15, -0.1) is 0 Å². The molecule has 1 atom stereocenters. The highest BCUT2D eigenvalue weighted by Gasteiger charge is 2.14. The van der Waals surface area contributed by atoms with E-state index in [1.54, 1.807) is 61.7 Å². The zero-order chi connectivity index (χ0) is 29.7. The van der Waals surface area contributed by atoms with Crippen LogP contribution in [0.15, 0.2) is 67.0 Å². The molecule has 3 N–H and O–H groups in total. The molecule has 1 aliphatic heterocycles. The van der Waals surface area contributed by atoms with Crippen molar-refractivity contribution >= 4 is 23.7 Å². The number of allylic oxidation sites excluding steroid dienone is 2. The number of ether oxygens (including phenoxy) is 2. The Morgan fingerprint density at radius 1 is 1.02 bits per heavy atom. The Labute approximate surface area is 246 Å². The molecule has 42 heavy (non-hydrogen) atoms. The van der Waals surface area contributed by atoms with E-state index in [-0.39, 0.29) is 30.3 Å². The maximum Gasteiger partial charge on any atom is 0.163 e. The second-order valence-corrected chi connectivity index (χ2v) is 10.4. The van der Waals surface area contributed by atoms with E-state index in [9.17, 15) is 19.8 Å². The van der Waals surface area contributed by atoms with Gasteiger partial charge in [-0.3, -0.25) is 14.6 Å². The molecule has 0 bridgehead atoms. The Morgan fingerprint density at radius 3 is 2.50 bits per heavy atom. The van der Waals surface area contributed by atoms with Crippen LogP contribution in [0.25, 0.3) is 12.2 Å². The molecular weight excluding hydrogens is 532 g/mol. The molecule has 1 unspecified atom stereocenters. The molecule has 1 fully saturated rings. The Balaban J connectivity index is 1.21. The van der Waals surface area contributed by atoms with Crippen LogP contribution in [0.5, 0.6) is 17.2 Å². The summed E-state index contributed by atoms with van der Waals surface area (Å²) in [6.45, 7) is 3.73. The molecule has 0 radical (unpaired) electrons. The van der Waals surface area contributed by atoms with Gasteiger partial charge in [0.05, 0.1) is 25.8 Å². The first-order valence-corrected chi connectivity index (χ1v) is 14.3. The zero-order valence-corrected chi connectivity index (χ0v) is 23.9. The number of nitrogens with one attached hydrogen (secondary N) is 1. The lowest BCUT2D eigenvalue weighted by Crippen LogP contribution is -2.28. The van der Waals surface area contributed by atoms with Crippen molar-refractivity contribution in [2.75, 3.05) is 19.8 Å². The molecule has 8 nitrogen and oxygen atoms in total. The molecule has 2 heterocycles. The van der Waals surface area contributed by atoms with E-state index in [2.05, 4.69) is 10.3 Å². The van der Waals surface area contributed by atoms with E-state index in [0.717, 1.165) is 48.2 Å². The maximum atomic E-state index is 12.3. The van der Waals surface area contributed by atoms with Crippen LogP contribution in [0.3, 0.4) is 0 Å². The molecule has 1 aliphatic rings. The molecule has 2 aromatic carbocycles. The summed E-state index contributed by atoms with van der Waals surface area (Å²) in [6.07, 6.45) is 13.2. The third-order valence-electron chi connectivity index (χ3n) is 7.00. The first-order chi connectivity index (χ1) is 20.4. The number of carbonyl (C=O) groups excluding carboxylic acids is 2. The number of phenolic OH excluding ortho intramolecular Hbond substituents is 1. The van der Waals surface area contributed by atoms with Crippen molar-refractivity contribution in [3.63, 3.8) is 0 Å². The van der Waals surface area contributed by atoms with Crippen LogP contribution < -0.4 is 14.8 Å². The fourth-order valence-corrected chi connectivity index (χ4v) is 4.65. The zero-order valence-electron chi connectivity index (χ0n) is 23.9. The third kappa shape index (κ3) is 9.68. The highest BCUT2D eigenvalue weighted by atomic mass is 16.5. The average Bonchev–Trinajstić information content (AvgIpc) is 3.52. The van der Waals surface area contributed by atoms with Crippen molar-refractivity contribution in [2.45, 2.75) is 51.7 Å². The first-order valence-electron chi connectivity index (χ1n) is 14.3. The number of carbonyl (C=O) groups is 2. The first kappa shape index (κ1) is 30.7. The van der Waals surface area contributed by atoms with Crippen LogP contribution >= 0.6 is 0 Å². The third-order valence-corrected chi connectivity index (χ3v) is 7.00. The molecule has 8 heteroatoms. The normalized spacial score (nSPS) is 15.0. The number of aliphatic hydroxyl groups is 1. The molecule has 0 aliphatic carbocycles. The minimum atomic E-state index is -0.323. The Hall–Kier alpha value is -4.27. The summed E-state index contributed by atoms with van der Waals surface area (Å²) in [6, 6.07) is 12.8. The Kier molecular flexibility index (Phi) is 11.4. The quantitative estimate of drug-likeness (QED) is 0.133. The van der Waals surface area contributed by atoms with Crippen LogP contribution in [0.1, 0.15) is 53.5 Å². The van der Waals surface area contributed by atoms with Crippen molar-refractivity contribution in [3.8, 4) is 17.2 Å². The molecule has 0 saturated carbocycles. The minimum absolute atomic E-state index is 0.191. The fraction of sp³-hybridized carbons (Fsp3) is 0.324. The second kappa shape index (κ2) is 15.7. The van der Waals surface area contributed by atoms with Gasteiger partial charge in [0.1, 0.15) is 23.9 Å². The van der Waals surface area contributed by atoms with Gasteiger partial charge in [-0.2, -0.15) is 0 Å². The van der Waals surface area contributed by atoms with E-state index in [1.165, 1.54) is 18.6 Å². The predicted octanol–water partition coefficient (Wildman–Crippen LogP) is 4.99. The highest BCUT2D eigenvalue weighted by Crippen LogP contribution is 2.22. The Bertz CT molecular complexity index is 1430. The van der Waals surface area contributed by atoms with Gasteiger partial charge in [0, 0.05) is 17.8 Å². The summed E-state index contributed by atoms with van der Waals surface area (Å²) in [5, 5.41) is 22.9. The van der Waals surface area contributed by atoms with Gasteiger partial charge in [-0.25, -0.2) is 0 Å². The minimum Gasteiger partial charge on any atom is -0.508 e. The molecule has 1 aromatic heterocycles. The van der Waals surface area contributed by atoms with Gasteiger partial charge in [0.2, 0.25) is 0 Å². The van der Waals surface area contributed by atoms with Gasteiger partial charge >= 0.3 is 0 Å². The Morgan fingerprint density at radius 2 is 1.79 bits per heavy atom. The van der Waals surface area contributed by atoms with Crippen LogP contribution in [-0.2, 0) is 22.6 Å². The molecule has 0 amide bonds. The monoisotopic (exact) mass is 570 g/mol. The van der Waals surface area contributed by atoms with Gasteiger partial charge in [-0.05, 0) is 104 Å². The number of phenols is 1. The van der Waals surface area contributed by atoms with Gasteiger partial charge < -0.3 is 25.0 Å². The number of nitrogens with zero attached hydrogens (tertiary/aromatic N) is 1. The lowest BCUT2D eigenvalue weighted by atomic mass is 10.1. The number of hydrogen-bond acceptors (Lipinski definition) is 8. The van der Waals surface area contributed by atoms with Crippen LogP contribution in [0.4, 0.5) is 0 Å². The van der Waals surface area contributed by atoms with Gasteiger partial charge in [-0.1, -0.05) is 24.3 Å². The number of rotatable bonds is 15. The number of hydrogen-bond donors (Lipinski definition) is 3. The predicted molar refractivity (Wildman–Crippen MR) is 162 cm³/mol. The van der Waals surface area contributed by atoms with E-state index in [1.807, 2.05) is 12.3 Å². The second-order valence-electron chi connectivity index (χ2n) is 10.4. The molecule has 0 spiro atoms. The van der Waals surface area contributed by atoms with Crippen molar-refractivity contribution in [1.29, 1.82) is 0 Å². The number of aromatic hydroxyl groups is 1. The molecule has 1 saturated heterocycles. The van der Waals surface area contributed by atoms with E-state index in [0.29, 0.717) is 36.1 Å². The summed E-state index contributed by atoms with van der Waals surface area (Å²) in [7, 11) is 0. The van der Waals surface area contributed by atoms with E-state index in [4.69, 9.17) is 9.47 Å². The maximum absolute atomic E-state index is 12.3. The number of pyridine rings is 1. The lowest BCUT2D eigenvalue weighted by molar-refractivity contribution is -0.121. The van der Waals surface area contributed by atoms with Gasteiger partial charge in [0.25, 0.3) is 0 Å².